The lowest BCUT2D eigenvalue weighted by atomic mass is 9.88. The molecule has 0 spiro atoms. The van der Waals surface area contributed by atoms with Crippen LogP contribution >= 0.6 is 27.3 Å². The van der Waals surface area contributed by atoms with Gasteiger partial charge < -0.3 is 9.80 Å². The second-order valence-corrected chi connectivity index (χ2v) is 10.2. The van der Waals surface area contributed by atoms with E-state index >= 15 is 0 Å². The maximum atomic E-state index is 12.7. The lowest BCUT2D eigenvalue weighted by molar-refractivity contribution is 0.0797. The Bertz CT molecular complexity index is 816. The largest absolute Gasteiger partial charge is 0.338 e. The highest BCUT2D eigenvalue weighted by Crippen LogP contribution is 2.37. The van der Waals surface area contributed by atoms with Crippen molar-refractivity contribution >= 4 is 33.2 Å². The molecule has 1 aromatic heterocycles. The minimum Gasteiger partial charge on any atom is -0.338 e. The Hall–Kier alpha value is -1.17. The van der Waals surface area contributed by atoms with Crippen molar-refractivity contribution in [3.8, 4) is 10.4 Å². The second kappa shape index (κ2) is 8.68. The molecule has 0 saturated carbocycles. The van der Waals surface area contributed by atoms with Gasteiger partial charge in [0.1, 0.15) is 4.88 Å². The van der Waals surface area contributed by atoms with Gasteiger partial charge >= 0.3 is 0 Å². The van der Waals surface area contributed by atoms with Crippen LogP contribution in [0.4, 0.5) is 0 Å². The number of amides is 1. The van der Waals surface area contributed by atoms with Gasteiger partial charge in [0, 0.05) is 28.5 Å². The van der Waals surface area contributed by atoms with Crippen molar-refractivity contribution < 1.29 is 4.79 Å². The van der Waals surface area contributed by atoms with Gasteiger partial charge in [-0.3, -0.25) is 4.79 Å². The molecule has 2 saturated heterocycles. The lowest BCUT2D eigenvalue weighted by Crippen LogP contribution is -2.37. The number of piperidine rings is 1. The number of hydrogen-bond acceptors (Lipinski definition) is 3. The minimum atomic E-state index is 0.175. The van der Waals surface area contributed by atoms with Crippen LogP contribution in [-0.2, 0) is 0 Å². The van der Waals surface area contributed by atoms with Crippen LogP contribution in [0.5, 0.6) is 0 Å². The molecule has 28 heavy (non-hydrogen) atoms. The van der Waals surface area contributed by atoms with Crippen molar-refractivity contribution in [3.63, 3.8) is 0 Å². The molecule has 3 nitrogen and oxygen atoms in total. The normalized spacial score (nSPS) is 18.9. The van der Waals surface area contributed by atoms with Gasteiger partial charge in [-0.15, -0.1) is 11.3 Å². The highest BCUT2D eigenvalue weighted by Gasteiger charge is 2.24. The van der Waals surface area contributed by atoms with E-state index in [1.54, 1.807) is 11.3 Å². The van der Waals surface area contributed by atoms with Crippen molar-refractivity contribution in [1.82, 2.24) is 9.80 Å². The number of likely N-dealkylation sites (tertiary alicyclic amines) is 2. The van der Waals surface area contributed by atoms with E-state index in [-0.39, 0.29) is 5.91 Å². The molecule has 0 aliphatic carbocycles. The molecule has 0 atom stereocenters. The number of thiophene rings is 1. The Morgan fingerprint density at radius 1 is 1.07 bits per heavy atom. The summed E-state index contributed by atoms with van der Waals surface area (Å²) < 4.78 is 0.925. The molecule has 2 aliphatic heterocycles. The van der Waals surface area contributed by atoms with Crippen molar-refractivity contribution in [2.45, 2.75) is 51.5 Å². The molecule has 2 aromatic rings. The first-order valence-corrected chi connectivity index (χ1v) is 12.1. The van der Waals surface area contributed by atoms with E-state index in [1.165, 1.54) is 37.1 Å². The van der Waals surface area contributed by atoms with Crippen LogP contribution < -0.4 is 0 Å². The number of rotatable bonds is 4. The van der Waals surface area contributed by atoms with E-state index in [1.807, 2.05) is 4.90 Å². The highest BCUT2D eigenvalue weighted by atomic mass is 79.9. The third kappa shape index (κ3) is 4.22. The van der Waals surface area contributed by atoms with Gasteiger partial charge in [0.15, 0.2) is 0 Å². The zero-order valence-corrected chi connectivity index (χ0v) is 19.2. The van der Waals surface area contributed by atoms with Crippen LogP contribution in [0.1, 0.15) is 60.7 Å². The summed E-state index contributed by atoms with van der Waals surface area (Å²) in [5.74, 6) is 0.848. The van der Waals surface area contributed by atoms with Gasteiger partial charge in [-0.05, 0) is 91.7 Å². The van der Waals surface area contributed by atoms with Crippen LogP contribution in [0.2, 0.25) is 0 Å². The summed E-state index contributed by atoms with van der Waals surface area (Å²) in [4.78, 5) is 19.3. The van der Waals surface area contributed by atoms with E-state index in [9.17, 15) is 4.79 Å². The van der Waals surface area contributed by atoms with Crippen LogP contribution in [0, 0.1) is 0 Å². The Morgan fingerprint density at radius 3 is 2.32 bits per heavy atom. The number of nitrogens with zero attached hydrogens (tertiary/aromatic N) is 2. The van der Waals surface area contributed by atoms with Gasteiger partial charge in [0.2, 0.25) is 0 Å². The van der Waals surface area contributed by atoms with Crippen molar-refractivity contribution in [3.05, 3.63) is 45.2 Å². The third-order valence-electron chi connectivity index (χ3n) is 6.20. The average Bonchev–Trinajstić information content (AvgIpc) is 3.38. The Kier molecular flexibility index (Phi) is 6.24. The van der Waals surface area contributed by atoms with Crippen LogP contribution in [0.25, 0.3) is 10.4 Å². The average molecular weight is 461 g/mol. The number of carbonyl (C=O) groups excluding carboxylic acids is 1. The summed E-state index contributed by atoms with van der Waals surface area (Å²) >= 11 is 5.22. The molecule has 0 N–H and O–H groups in total. The quantitative estimate of drug-likeness (QED) is 0.558. The highest BCUT2D eigenvalue weighted by molar-refractivity contribution is 9.10. The van der Waals surface area contributed by atoms with Gasteiger partial charge in [0.25, 0.3) is 5.91 Å². The van der Waals surface area contributed by atoms with Crippen molar-refractivity contribution in [2.75, 3.05) is 26.2 Å². The molecule has 2 fully saturated rings. The van der Waals surface area contributed by atoms with E-state index < -0.39 is 0 Å². The first-order chi connectivity index (χ1) is 13.5. The van der Waals surface area contributed by atoms with Crippen LogP contribution in [0.15, 0.2) is 34.8 Å². The van der Waals surface area contributed by atoms with E-state index in [2.05, 4.69) is 65.0 Å². The first-order valence-electron chi connectivity index (χ1n) is 10.5. The maximum absolute atomic E-state index is 12.7. The zero-order chi connectivity index (χ0) is 19.7. The summed E-state index contributed by atoms with van der Waals surface area (Å²) in [6, 6.07) is 11.8. The summed E-state index contributed by atoms with van der Waals surface area (Å²) in [7, 11) is 0. The summed E-state index contributed by atoms with van der Waals surface area (Å²) in [6.45, 7) is 8.76. The molecule has 0 unspecified atom stereocenters. The standard InChI is InChI=1S/C23H29BrN2OS/c1-16(2)25-13-9-18(10-14-25)17-5-7-19(8-6-17)21-15-20(24)22(28-21)23(27)26-11-3-4-12-26/h5-8,15-16,18H,3-4,9-14H2,1-2H3. The molecule has 0 radical (unpaired) electrons. The molecular formula is C23H29BrN2OS. The van der Waals surface area contributed by atoms with Crippen LogP contribution in [-0.4, -0.2) is 47.9 Å². The molecular weight excluding hydrogens is 432 g/mol. The van der Waals surface area contributed by atoms with Crippen molar-refractivity contribution in [2.24, 2.45) is 0 Å². The minimum absolute atomic E-state index is 0.175. The number of hydrogen-bond donors (Lipinski definition) is 0. The summed E-state index contributed by atoms with van der Waals surface area (Å²) in [5.41, 5.74) is 2.66. The van der Waals surface area contributed by atoms with E-state index in [0.717, 1.165) is 40.2 Å². The SMILES string of the molecule is CC(C)N1CCC(c2ccc(-c3cc(Br)c(C(=O)N4CCCC4)s3)cc2)CC1. The van der Waals surface area contributed by atoms with Gasteiger partial charge in [0.05, 0.1) is 0 Å². The predicted octanol–water partition coefficient (Wildman–Crippen LogP) is 6.00. The monoisotopic (exact) mass is 460 g/mol. The second-order valence-electron chi connectivity index (χ2n) is 8.31. The molecule has 2 aliphatic rings. The Labute approximate surface area is 180 Å². The topological polar surface area (TPSA) is 23.6 Å². The molecule has 1 aromatic carbocycles. The molecule has 1 amide bonds. The maximum Gasteiger partial charge on any atom is 0.265 e. The third-order valence-corrected chi connectivity index (χ3v) is 8.26. The van der Waals surface area contributed by atoms with Gasteiger partial charge in [-0.25, -0.2) is 0 Å². The van der Waals surface area contributed by atoms with Gasteiger partial charge in [-0.1, -0.05) is 24.3 Å². The fraction of sp³-hybridized carbons (Fsp3) is 0.522. The fourth-order valence-corrected chi connectivity index (χ4v) is 6.21. The fourth-order valence-electron chi connectivity index (χ4n) is 4.39. The van der Waals surface area contributed by atoms with E-state index in [0.29, 0.717) is 12.0 Å². The number of carbonyl (C=O) groups is 1. The molecule has 0 bridgehead atoms. The molecule has 4 rings (SSSR count). The molecule has 3 heterocycles. The smallest absolute Gasteiger partial charge is 0.265 e. The van der Waals surface area contributed by atoms with E-state index in [4.69, 9.17) is 0 Å². The van der Waals surface area contributed by atoms with Gasteiger partial charge in [-0.2, -0.15) is 0 Å². The molecule has 150 valence electrons. The summed E-state index contributed by atoms with van der Waals surface area (Å²) in [5, 5.41) is 0. The number of benzene rings is 1. The van der Waals surface area contributed by atoms with Crippen LogP contribution in [0.3, 0.4) is 0 Å². The predicted molar refractivity (Wildman–Crippen MR) is 121 cm³/mol. The lowest BCUT2D eigenvalue weighted by Gasteiger charge is -2.34. The number of halogens is 1. The Balaban J connectivity index is 1.46. The summed E-state index contributed by atoms with van der Waals surface area (Å²) in [6.07, 6.45) is 4.74. The zero-order valence-electron chi connectivity index (χ0n) is 16.8. The van der Waals surface area contributed by atoms with Crippen molar-refractivity contribution in [1.29, 1.82) is 0 Å². The Morgan fingerprint density at radius 2 is 1.71 bits per heavy atom. The molecule has 5 heteroatoms. The first kappa shape index (κ1) is 20.1.